The molecule has 1 atom stereocenters. The van der Waals surface area contributed by atoms with Gasteiger partial charge in [-0.15, -0.1) is 0 Å². The Bertz CT molecular complexity index is 571. The first-order chi connectivity index (χ1) is 8.58. The molecule has 0 amide bonds. The largest absolute Gasteiger partial charge is 0.439 e. The first-order valence-corrected chi connectivity index (χ1v) is 6.67. The number of rotatable bonds is 1. The fraction of sp³-hybridized carbons (Fsp3) is 0.533. The predicted octanol–water partition coefficient (Wildman–Crippen LogP) is 3.59. The highest BCUT2D eigenvalue weighted by atomic mass is 16.3. The summed E-state index contributed by atoms with van der Waals surface area (Å²) in [5.74, 6) is 0.837. The number of aromatic nitrogens is 1. The Balaban J connectivity index is 2.06. The van der Waals surface area contributed by atoms with E-state index < -0.39 is 0 Å². The summed E-state index contributed by atoms with van der Waals surface area (Å²) in [6.07, 6.45) is 2.44. The number of oxazole rings is 1. The van der Waals surface area contributed by atoms with Crippen molar-refractivity contribution in [3.63, 3.8) is 0 Å². The molecule has 1 fully saturated rings. The van der Waals surface area contributed by atoms with Crippen LogP contribution >= 0.6 is 0 Å². The fourth-order valence-corrected chi connectivity index (χ4v) is 2.86. The van der Waals surface area contributed by atoms with Crippen LogP contribution in [0.2, 0.25) is 0 Å². The number of para-hydroxylation sites is 1. The molecule has 0 radical (unpaired) electrons. The van der Waals surface area contributed by atoms with E-state index in [0.29, 0.717) is 0 Å². The van der Waals surface area contributed by atoms with Crippen LogP contribution in [0, 0.1) is 12.3 Å². The average molecular weight is 244 g/mol. The second kappa shape index (κ2) is 4.09. The van der Waals surface area contributed by atoms with E-state index in [0.717, 1.165) is 23.5 Å². The van der Waals surface area contributed by atoms with Gasteiger partial charge in [0.25, 0.3) is 0 Å². The van der Waals surface area contributed by atoms with Crippen LogP contribution in [0.4, 0.5) is 0 Å². The van der Waals surface area contributed by atoms with Gasteiger partial charge in [0.15, 0.2) is 5.58 Å². The molecule has 2 aromatic rings. The third kappa shape index (κ3) is 1.83. The van der Waals surface area contributed by atoms with Gasteiger partial charge in [0.1, 0.15) is 5.52 Å². The van der Waals surface area contributed by atoms with Crippen LogP contribution in [0.15, 0.2) is 22.6 Å². The van der Waals surface area contributed by atoms with Gasteiger partial charge in [-0.1, -0.05) is 26.0 Å². The Labute approximate surface area is 108 Å². The zero-order valence-electron chi connectivity index (χ0n) is 11.3. The minimum absolute atomic E-state index is 0.201. The van der Waals surface area contributed by atoms with Gasteiger partial charge < -0.3 is 9.73 Å². The topological polar surface area (TPSA) is 38.1 Å². The maximum atomic E-state index is 5.95. The van der Waals surface area contributed by atoms with Crippen LogP contribution in [0.5, 0.6) is 0 Å². The fourth-order valence-electron chi connectivity index (χ4n) is 2.86. The van der Waals surface area contributed by atoms with Gasteiger partial charge >= 0.3 is 0 Å². The third-order valence-electron chi connectivity index (χ3n) is 4.01. The minimum atomic E-state index is 0.201. The molecule has 3 nitrogen and oxygen atoms in total. The number of piperidine rings is 1. The molecule has 1 aromatic heterocycles. The van der Waals surface area contributed by atoms with E-state index in [4.69, 9.17) is 9.40 Å². The lowest BCUT2D eigenvalue weighted by Gasteiger charge is -2.37. The SMILES string of the molecule is Cc1cccc2oc(C3NCCCC3(C)C)nc12. The summed E-state index contributed by atoms with van der Waals surface area (Å²) in [6, 6.07) is 6.31. The number of benzene rings is 1. The maximum Gasteiger partial charge on any atom is 0.213 e. The van der Waals surface area contributed by atoms with E-state index in [1.807, 2.05) is 12.1 Å². The van der Waals surface area contributed by atoms with E-state index in [-0.39, 0.29) is 11.5 Å². The summed E-state index contributed by atoms with van der Waals surface area (Å²) in [6.45, 7) is 7.69. The quantitative estimate of drug-likeness (QED) is 0.833. The second-order valence-corrected chi connectivity index (χ2v) is 5.95. The monoisotopic (exact) mass is 244 g/mol. The molecule has 1 aromatic carbocycles. The number of hydrogen-bond donors (Lipinski definition) is 1. The average Bonchev–Trinajstić information content (AvgIpc) is 2.73. The third-order valence-corrected chi connectivity index (χ3v) is 4.01. The van der Waals surface area contributed by atoms with Gasteiger partial charge in [-0.2, -0.15) is 0 Å². The van der Waals surface area contributed by atoms with Gasteiger partial charge in [0.2, 0.25) is 5.89 Å². The predicted molar refractivity (Wildman–Crippen MR) is 72.5 cm³/mol. The molecule has 3 rings (SSSR count). The highest BCUT2D eigenvalue weighted by Gasteiger charge is 2.36. The molecule has 0 saturated carbocycles. The molecule has 1 aliphatic rings. The van der Waals surface area contributed by atoms with E-state index in [1.54, 1.807) is 0 Å². The Morgan fingerprint density at radius 3 is 2.94 bits per heavy atom. The number of nitrogens with zero attached hydrogens (tertiary/aromatic N) is 1. The van der Waals surface area contributed by atoms with Crippen molar-refractivity contribution in [3.8, 4) is 0 Å². The van der Waals surface area contributed by atoms with Gasteiger partial charge in [-0.05, 0) is 43.4 Å². The van der Waals surface area contributed by atoms with Crippen LogP contribution in [-0.2, 0) is 0 Å². The van der Waals surface area contributed by atoms with Crippen LogP contribution in [0.3, 0.4) is 0 Å². The zero-order chi connectivity index (χ0) is 12.8. The van der Waals surface area contributed by atoms with Crippen LogP contribution in [0.25, 0.3) is 11.1 Å². The number of nitrogens with one attached hydrogen (secondary N) is 1. The molecular formula is C15H20N2O. The van der Waals surface area contributed by atoms with E-state index in [9.17, 15) is 0 Å². The van der Waals surface area contributed by atoms with Gasteiger partial charge in [0.05, 0.1) is 6.04 Å². The first-order valence-electron chi connectivity index (χ1n) is 6.67. The Morgan fingerprint density at radius 2 is 2.22 bits per heavy atom. The molecular weight excluding hydrogens is 224 g/mol. The molecule has 0 bridgehead atoms. The Kier molecular flexibility index (Phi) is 2.67. The summed E-state index contributed by atoms with van der Waals surface area (Å²) in [5.41, 5.74) is 3.27. The van der Waals surface area contributed by atoms with Gasteiger partial charge in [-0.25, -0.2) is 4.98 Å². The number of hydrogen-bond acceptors (Lipinski definition) is 3. The van der Waals surface area contributed by atoms with Crippen LogP contribution in [-0.4, -0.2) is 11.5 Å². The molecule has 3 heteroatoms. The van der Waals surface area contributed by atoms with Crippen molar-refractivity contribution < 1.29 is 4.42 Å². The smallest absolute Gasteiger partial charge is 0.213 e. The molecule has 1 unspecified atom stereocenters. The molecule has 18 heavy (non-hydrogen) atoms. The van der Waals surface area contributed by atoms with E-state index in [1.165, 1.54) is 18.4 Å². The van der Waals surface area contributed by atoms with Gasteiger partial charge in [-0.3, -0.25) is 0 Å². The van der Waals surface area contributed by atoms with Crippen molar-refractivity contribution >= 4 is 11.1 Å². The molecule has 2 heterocycles. The van der Waals surface area contributed by atoms with E-state index >= 15 is 0 Å². The summed E-state index contributed by atoms with van der Waals surface area (Å²) in [4.78, 5) is 4.70. The Morgan fingerprint density at radius 1 is 1.39 bits per heavy atom. The standard InChI is InChI=1S/C15H20N2O/c1-10-6-4-7-11-12(10)17-14(18-11)13-15(2,3)8-5-9-16-13/h4,6-7,13,16H,5,8-9H2,1-3H3. The minimum Gasteiger partial charge on any atom is -0.439 e. The lowest BCUT2D eigenvalue weighted by molar-refractivity contribution is 0.157. The zero-order valence-corrected chi connectivity index (χ0v) is 11.3. The van der Waals surface area contributed by atoms with Gasteiger partial charge in [0, 0.05) is 0 Å². The molecule has 1 saturated heterocycles. The van der Waals surface area contributed by atoms with Crippen molar-refractivity contribution in [1.82, 2.24) is 10.3 Å². The number of fused-ring (bicyclic) bond motifs is 1. The van der Waals surface area contributed by atoms with Crippen LogP contribution in [0.1, 0.15) is 44.2 Å². The normalized spacial score (nSPS) is 23.4. The number of aryl methyl sites for hydroxylation is 1. The first kappa shape index (κ1) is 11.7. The summed E-state index contributed by atoms with van der Waals surface area (Å²) < 4.78 is 5.95. The Hall–Kier alpha value is -1.35. The van der Waals surface area contributed by atoms with Crippen molar-refractivity contribution in [3.05, 3.63) is 29.7 Å². The lowest BCUT2D eigenvalue weighted by Crippen LogP contribution is -2.39. The molecule has 0 aliphatic carbocycles. The summed E-state index contributed by atoms with van der Waals surface area (Å²) >= 11 is 0. The molecule has 1 aliphatic heterocycles. The lowest BCUT2D eigenvalue weighted by atomic mass is 9.77. The van der Waals surface area contributed by atoms with Crippen molar-refractivity contribution in [1.29, 1.82) is 0 Å². The van der Waals surface area contributed by atoms with Crippen molar-refractivity contribution in [2.24, 2.45) is 5.41 Å². The molecule has 96 valence electrons. The van der Waals surface area contributed by atoms with Crippen LogP contribution < -0.4 is 5.32 Å². The second-order valence-electron chi connectivity index (χ2n) is 5.95. The summed E-state index contributed by atoms with van der Waals surface area (Å²) in [5, 5.41) is 3.55. The van der Waals surface area contributed by atoms with E-state index in [2.05, 4.69) is 32.2 Å². The molecule has 1 N–H and O–H groups in total. The highest BCUT2D eigenvalue weighted by molar-refractivity contribution is 5.76. The highest BCUT2D eigenvalue weighted by Crippen LogP contribution is 2.40. The maximum absolute atomic E-state index is 5.95. The van der Waals surface area contributed by atoms with Crippen molar-refractivity contribution in [2.75, 3.05) is 6.54 Å². The van der Waals surface area contributed by atoms with Crippen molar-refractivity contribution in [2.45, 2.75) is 39.7 Å². The molecule has 0 spiro atoms. The summed E-state index contributed by atoms with van der Waals surface area (Å²) in [7, 11) is 0.